The third-order valence-electron chi connectivity index (χ3n) is 3.62. The van der Waals surface area contributed by atoms with Gasteiger partial charge in [0.05, 0.1) is 0 Å². The van der Waals surface area contributed by atoms with Crippen LogP contribution in [0.15, 0.2) is 0 Å². The second-order valence-electron chi connectivity index (χ2n) is 5.16. The average molecular weight is 182 g/mol. The third-order valence-corrected chi connectivity index (χ3v) is 3.62. The van der Waals surface area contributed by atoms with Crippen LogP contribution in [0.3, 0.4) is 0 Å². The Kier molecular flexibility index (Phi) is 2.61. The Hall–Kier alpha value is -0.0800. The molecule has 2 aliphatic carbocycles. The minimum atomic E-state index is 0.328. The molecule has 0 heterocycles. The fourth-order valence-corrected chi connectivity index (χ4v) is 2.61. The maximum absolute atomic E-state index is 5.80. The van der Waals surface area contributed by atoms with Gasteiger partial charge in [0, 0.05) is 12.1 Å². The van der Waals surface area contributed by atoms with Crippen molar-refractivity contribution in [3.63, 3.8) is 0 Å². The largest absolute Gasteiger partial charge is 0.329 e. The van der Waals surface area contributed by atoms with Crippen LogP contribution in [0, 0.1) is 11.8 Å². The van der Waals surface area contributed by atoms with Gasteiger partial charge in [-0.3, -0.25) is 0 Å². The summed E-state index contributed by atoms with van der Waals surface area (Å²) in [6, 6.07) is 0. The molecule has 3 N–H and O–H groups in total. The van der Waals surface area contributed by atoms with Crippen molar-refractivity contribution in [2.75, 3.05) is 13.1 Å². The van der Waals surface area contributed by atoms with E-state index >= 15 is 0 Å². The topological polar surface area (TPSA) is 38.0 Å². The molecule has 0 aromatic rings. The van der Waals surface area contributed by atoms with Gasteiger partial charge in [-0.25, -0.2) is 0 Å². The molecule has 2 rings (SSSR count). The molecular formula is C11H22N2. The highest BCUT2D eigenvalue weighted by Crippen LogP contribution is 2.37. The maximum atomic E-state index is 5.80. The molecule has 0 aromatic carbocycles. The number of nitrogens with one attached hydrogen (secondary N) is 1. The Morgan fingerprint density at radius 1 is 1.38 bits per heavy atom. The van der Waals surface area contributed by atoms with Crippen LogP contribution >= 0.6 is 0 Å². The van der Waals surface area contributed by atoms with E-state index in [0.29, 0.717) is 5.54 Å². The van der Waals surface area contributed by atoms with E-state index in [0.717, 1.165) is 18.4 Å². The van der Waals surface area contributed by atoms with Crippen molar-refractivity contribution >= 4 is 0 Å². The molecule has 0 radical (unpaired) electrons. The zero-order valence-corrected chi connectivity index (χ0v) is 8.68. The van der Waals surface area contributed by atoms with E-state index in [1.54, 1.807) is 0 Å². The van der Waals surface area contributed by atoms with Gasteiger partial charge in [0.2, 0.25) is 0 Å². The fraction of sp³-hybridized carbons (Fsp3) is 1.00. The normalized spacial score (nSPS) is 38.8. The summed E-state index contributed by atoms with van der Waals surface area (Å²) < 4.78 is 0. The van der Waals surface area contributed by atoms with Crippen LogP contribution in [-0.2, 0) is 0 Å². The van der Waals surface area contributed by atoms with Gasteiger partial charge in [-0.1, -0.05) is 19.8 Å². The smallest absolute Gasteiger partial charge is 0.0309 e. The van der Waals surface area contributed by atoms with E-state index in [4.69, 9.17) is 5.73 Å². The second kappa shape index (κ2) is 3.58. The molecule has 2 heteroatoms. The molecule has 0 unspecified atom stereocenters. The summed E-state index contributed by atoms with van der Waals surface area (Å²) in [5, 5.41) is 3.66. The molecule has 0 aromatic heterocycles. The number of hydrogen-bond acceptors (Lipinski definition) is 2. The fourth-order valence-electron chi connectivity index (χ4n) is 2.61. The zero-order valence-electron chi connectivity index (χ0n) is 8.68. The summed E-state index contributed by atoms with van der Waals surface area (Å²) in [7, 11) is 0. The van der Waals surface area contributed by atoms with E-state index < -0.39 is 0 Å². The molecule has 2 fully saturated rings. The van der Waals surface area contributed by atoms with E-state index in [-0.39, 0.29) is 0 Å². The minimum Gasteiger partial charge on any atom is -0.329 e. The highest BCUT2D eigenvalue weighted by molar-refractivity contribution is 5.00. The number of hydrogen-bond donors (Lipinski definition) is 2. The molecule has 0 aliphatic heterocycles. The van der Waals surface area contributed by atoms with Gasteiger partial charge >= 0.3 is 0 Å². The van der Waals surface area contributed by atoms with Gasteiger partial charge in [0.1, 0.15) is 0 Å². The van der Waals surface area contributed by atoms with Crippen LogP contribution in [0.4, 0.5) is 0 Å². The number of nitrogens with two attached hydrogens (primary N) is 1. The first-order valence-corrected chi connectivity index (χ1v) is 5.69. The standard InChI is InChI=1S/C11H22N2/c1-9-6-11(7-9,8-12)13-5-4-10-2-3-10/h9-10,13H,2-8,12H2,1H3. The lowest BCUT2D eigenvalue weighted by atomic mass is 9.69. The van der Waals surface area contributed by atoms with E-state index in [1.165, 1.54) is 38.6 Å². The van der Waals surface area contributed by atoms with Crippen LogP contribution in [0.25, 0.3) is 0 Å². The van der Waals surface area contributed by atoms with E-state index in [1.807, 2.05) is 0 Å². The van der Waals surface area contributed by atoms with Gasteiger partial charge < -0.3 is 11.1 Å². The molecule has 76 valence electrons. The lowest BCUT2D eigenvalue weighted by Gasteiger charge is -2.46. The van der Waals surface area contributed by atoms with Gasteiger partial charge in [-0.05, 0) is 37.6 Å². The van der Waals surface area contributed by atoms with E-state index in [2.05, 4.69) is 12.2 Å². The van der Waals surface area contributed by atoms with Gasteiger partial charge in [0.25, 0.3) is 0 Å². The predicted octanol–water partition coefficient (Wildman–Crippen LogP) is 1.50. The first-order chi connectivity index (χ1) is 6.24. The molecule has 0 amide bonds. The maximum Gasteiger partial charge on any atom is 0.0309 e. The highest BCUT2D eigenvalue weighted by atomic mass is 15.0. The summed E-state index contributed by atoms with van der Waals surface area (Å²) in [6.45, 7) is 4.33. The molecule has 2 saturated carbocycles. The van der Waals surface area contributed by atoms with Crippen molar-refractivity contribution in [1.29, 1.82) is 0 Å². The van der Waals surface area contributed by atoms with Crippen molar-refractivity contribution in [3.8, 4) is 0 Å². The van der Waals surface area contributed by atoms with Gasteiger partial charge in [0.15, 0.2) is 0 Å². The Morgan fingerprint density at radius 3 is 2.54 bits per heavy atom. The lowest BCUT2D eigenvalue weighted by Crippen LogP contribution is -2.59. The molecule has 2 aliphatic rings. The van der Waals surface area contributed by atoms with Crippen LogP contribution in [0.2, 0.25) is 0 Å². The van der Waals surface area contributed by atoms with Crippen LogP contribution < -0.4 is 11.1 Å². The van der Waals surface area contributed by atoms with Crippen molar-refractivity contribution < 1.29 is 0 Å². The quantitative estimate of drug-likeness (QED) is 0.676. The van der Waals surface area contributed by atoms with Crippen LogP contribution in [0.1, 0.15) is 39.0 Å². The molecule has 0 atom stereocenters. The van der Waals surface area contributed by atoms with Crippen molar-refractivity contribution in [1.82, 2.24) is 5.32 Å². The first kappa shape index (κ1) is 9.47. The monoisotopic (exact) mass is 182 g/mol. The van der Waals surface area contributed by atoms with Crippen molar-refractivity contribution in [2.24, 2.45) is 17.6 Å². The second-order valence-corrected chi connectivity index (χ2v) is 5.16. The highest BCUT2D eigenvalue weighted by Gasteiger charge is 2.40. The third kappa shape index (κ3) is 2.23. The molecule has 0 saturated heterocycles. The zero-order chi connectivity index (χ0) is 9.31. The van der Waals surface area contributed by atoms with E-state index in [9.17, 15) is 0 Å². The Balaban J connectivity index is 1.65. The van der Waals surface area contributed by atoms with Crippen LogP contribution in [-0.4, -0.2) is 18.6 Å². The number of rotatable bonds is 5. The summed E-state index contributed by atoms with van der Waals surface area (Å²) in [5.74, 6) is 1.93. The molecule has 0 bridgehead atoms. The summed E-state index contributed by atoms with van der Waals surface area (Å²) in [6.07, 6.45) is 6.87. The average Bonchev–Trinajstić information content (AvgIpc) is 2.84. The molecule has 2 nitrogen and oxygen atoms in total. The summed E-state index contributed by atoms with van der Waals surface area (Å²) in [4.78, 5) is 0. The summed E-state index contributed by atoms with van der Waals surface area (Å²) in [5.41, 5.74) is 6.13. The van der Waals surface area contributed by atoms with Gasteiger partial charge in [-0.15, -0.1) is 0 Å². The molecular weight excluding hydrogens is 160 g/mol. The van der Waals surface area contributed by atoms with Gasteiger partial charge in [-0.2, -0.15) is 0 Å². The lowest BCUT2D eigenvalue weighted by molar-refractivity contribution is 0.123. The minimum absolute atomic E-state index is 0.328. The van der Waals surface area contributed by atoms with Crippen LogP contribution in [0.5, 0.6) is 0 Å². The van der Waals surface area contributed by atoms with Crippen molar-refractivity contribution in [2.45, 2.75) is 44.6 Å². The van der Waals surface area contributed by atoms with Crippen molar-refractivity contribution in [3.05, 3.63) is 0 Å². The Bertz CT molecular complexity index is 169. The molecule has 0 spiro atoms. The molecule has 13 heavy (non-hydrogen) atoms. The predicted molar refractivity (Wildman–Crippen MR) is 55.5 cm³/mol. The Morgan fingerprint density at radius 2 is 2.08 bits per heavy atom. The SMILES string of the molecule is CC1CC(CN)(NCCC2CC2)C1. The summed E-state index contributed by atoms with van der Waals surface area (Å²) >= 11 is 0. The first-order valence-electron chi connectivity index (χ1n) is 5.69. The Labute approximate surface area is 81.3 Å².